The number of likely N-dealkylation sites (tertiary alicyclic amines) is 1. The number of nitrogens with zero attached hydrogens (tertiary/aromatic N) is 7. The Morgan fingerprint density at radius 1 is 1.19 bits per heavy atom. The molecule has 0 aliphatic carbocycles. The first-order valence-electron chi connectivity index (χ1n) is 11.3. The van der Waals surface area contributed by atoms with Gasteiger partial charge in [-0.3, -0.25) is 4.99 Å². The van der Waals surface area contributed by atoms with Gasteiger partial charge in [-0.15, -0.1) is 0 Å². The van der Waals surface area contributed by atoms with Crippen LogP contribution in [0, 0.1) is 0 Å². The number of hydrogen-bond donors (Lipinski definition) is 1. The number of imidazole rings is 1. The van der Waals surface area contributed by atoms with Gasteiger partial charge in [0.1, 0.15) is 23.8 Å². The zero-order chi connectivity index (χ0) is 21.9. The third-order valence-electron chi connectivity index (χ3n) is 6.54. The number of rotatable bonds is 7. The molecule has 2 aliphatic heterocycles. The maximum atomic E-state index is 6.09. The highest BCUT2D eigenvalue weighted by molar-refractivity contribution is 7.08. The van der Waals surface area contributed by atoms with E-state index in [-0.39, 0.29) is 0 Å². The molecule has 0 bridgehead atoms. The van der Waals surface area contributed by atoms with E-state index in [9.17, 15) is 0 Å². The molecule has 2 fully saturated rings. The number of aliphatic imine (C=N–C) groups is 1. The molecular formula is C23H30N8S. The lowest BCUT2D eigenvalue weighted by Gasteiger charge is -2.34. The lowest BCUT2D eigenvalue weighted by atomic mass is 9.95. The maximum Gasteiger partial charge on any atom is 0.142 e. The Bertz CT molecular complexity index is 1060. The van der Waals surface area contributed by atoms with Crippen molar-refractivity contribution in [3.63, 3.8) is 0 Å². The van der Waals surface area contributed by atoms with E-state index >= 15 is 0 Å². The number of aromatic nitrogens is 4. The van der Waals surface area contributed by atoms with E-state index in [2.05, 4.69) is 52.4 Å². The summed E-state index contributed by atoms with van der Waals surface area (Å²) in [5.74, 6) is 3.02. The van der Waals surface area contributed by atoms with Gasteiger partial charge in [-0.1, -0.05) is 0 Å². The van der Waals surface area contributed by atoms with Gasteiger partial charge in [0, 0.05) is 62.5 Å². The molecule has 0 amide bonds. The molecule has 8 nitrogen and oxygen atoms in total. The summed E-state index contributed by atoms with van der Waals surface area (Å²) >= 11 is 1.72. The van der Waals surface area contributed by atoms with Gasteiger partial charge in [-0.2, -0.15) is 11.3 Å². The van der Waals surface area contributed by atoms with Crippen LogP contribution in [0.1, 0.15) is 36.6 Å². The molecular weight excluding hydrogens is 420 g/mol. The highest BCUT2D eigenvalue weighted by atomic mass is 32.1. The average molecular weight is 451 g/mol. The predicted octanol–water partition coefficient (Wildman–Crippen LogP) is 3.12. The van der Waals surface area contributed by atoms with Gasteiger partial charge in [-0.25, -0.2) is 15.0 Å². The molecule has 0 aromatic carbocycles. The lowest BCUT2D eigenvalue weighted by Crippen LogP contribution is -2.39. The molecule has 0 unspecified atom stereocenters. The minimum absolute atomic E-state index is 0.442. The standard InChI is InChI=1S/C23H30N8S/c1-25-13-19-21(24)26-16-27-23(19)30-8-3-17(4-9-30)22-28-20(18-5-12-32-15-18)14-31(22)11-10-29-6-2-7-29/h5,12-17H,2-4,6-11H2,1H3,(H2,24,26,27)/b25-13+. The first kappa shape index (κ1) is 21.1. The van der Waals surface area contributed by atoms with Crippen LogP contribution in [0.2, 0.25) is 0 Å². The Hall–Kier alpha value is -2.78. The van der Waals surface area contributed by atoms with Crippen LogP contribution in [0.15, 0.2) is 34.3 Å². The van der Waals surface area contributed by atoms with E-state index in [1.54, 1.807) is 30.9 Å². The third kappa shape index (κ3) is 4.27. The summed E-state index contributed by atoms with van der Waals surface area (Å²) in [4.78, 5) is 22.7. The van der Waals surface area contributed by atoms with Gasteiger partial charge >= 0.3 is 0 Å². The number of piperidine rings is 1. The van der Waals surface area contributed by atoms with Crippen LogP contribution < -0.4 is 10.6 Å². The van der Waals surface area contributed by atoms with Crippen LogP contribution in [0.4, 0.5) is 11.6 Å². The number of anilines is 2. The van der Waals surface area contributed by atoms with Crippen molar-refractivity contribution in [1.82, 2.24) is 24.4 Å². The Morgan fingerprint density at radius 2 is 2.03 bits per heavy atom. The van der Waals surface area contributed by atoms with Crippen molar-refractivity contribution in [3.05, 3.63) is 40.7 Å². The Labute approximate surface area is 192 Å². The summed E-state index contributed by atoms with van der Waals surface area (Å²) in [6, 6.07) is 2.16. The van der Waals surface area contributed by atoms with Crippen LogP contribution in [0.3, 0.4) is 0 Å². The quantitative estimate of drug-likeness (QED) is 0.557. The molecule has 168 valence electrons. The van der Waals surface area contributed by atoms with Gasteiger partial charge in [0.25, 0.3) is 0 Å². The molecule has 5 heterocycles. The molecule has 2 N–H and O–H groups in total. The molecule has 2 aliphatic rings. The molecule has 9 heteroatoms. The first-order chi connectivity index (χ1) is 15.7. The Balaban J connectivity index is 1.34. The smallest absolute Gasteiger partial charge is 0.142 e. The van der Waals surface area contributed by atoms with Crippen LogP contribution >= 0.6 is 11.3 Å². The number of nitrogen functional groups attached to an aromatic ring is 1. The molecule has 0 radical (unpaired) electrons. The number of hydrogen-bond acceptors (Lipinski definition) is 8. The summed E-state index contributed by atoms with van der Waals surface area (Å²) in [6.07, 6.45) is 8.96. The van der Waals surface area contributed by atoms with Crippen LogP contribution in [0.5, 0.6) is 0 Å². The summed E-state index contributed by atoms with van der Waals surface area (Å²) in [7, 11) is 1.74. The third-order valence-corrected chi connectivity index (χ3v) is 7.22. The van der Waals surface area contributed by atoms with Crippen molar-refractivity contribution >= 4 is 29.2 Å². The molecule has 0 saturated carbocycles. The van der Waals surface area contributed by atoms with Crippen LogP contribution in [-0.4, -0.2) is 70.4 Å². The molecule has 0 atom stereocenters. The van der Waals surface area contributed by atoms with Crippen molar-refractivity contribution in [2.45, 2.75) is 31.7 Å². The summed E-state index contributed by atoms with van der Waals surface area (Å²) in [6.45, 7) is 6.39. The molecule has 3 aromatic heterocycles. The van der Waals surface area contributed by atoms with Gasteiger partial charge < -0.3 is 20.1 Å². The molecule has 5 rings (SSSR count). The van der Waals surface area contributed by atoms with Crippen LogP contribution in [0.25, 0.3) is 11.3 Å². The Morgan fingerprint density at radius 3 is 2.72 bits per heavy atom. The first-order valence-corrected chi connectivity index (χ1v) is 12.3. The fourth-order valence-corrected chi connectivity index (χ4v) is 5.24. The second-order valence-corrected chi connectivity index (χ2v) is 9.31. The van der Waals surface area contributed by atoms with Crippen LogP contribution in [-0.2, 0) is 6.54 Å². The minimum atomic E-state index is 0.442. The van der Waals surface area contributed by atoms with Gasteiger partial charge in [0.2, 0.25) is 0 Å². The maximum absolute atomic E-state index is 6.09. The molecule has 3 aromatic rings. The monoisotopic (exact) mass is 450 g/mol. The van der Waals surface area contributed by atoms with Gasteiger partial charge in [-0.05, 0) is 43.8 Å². The van der Waals surface area contributed by atoms with E-state index in [1.807, 2.05) is 0 Å². The molecule has 2 saturated heterocycles. The SMILES string of the molecule is C/N=C/c1c(N)ncnc1N1CCC(c2nc(-c3ccsc3)cn2CCN2CCC2)CC1. The number of nitrogens with two attached hydrogens (primary N) is 1. The lowest BCUT2D eigenvalue weighted by molar-refractivity contribution is 0.173. The highest BCUT2D eigenvalue weighted by Gasteiger charge is 2.27. The van der Waals surface area contributed by atoms with E-state index in [4.69, 9.17) is 10.7 Å². The highest BCUT2D eigenvalue weighted by Crippen LogP contribution is 2.33. The van der Waals surface area contributed by atoms with Crippen molar-refractivity contribution in [2.75, 3.05) is 50.4 Å². The second kappa shape index (κ2) is 9.38. The summed E-state index contributed by atoms with van der Waals surface area (Å²) < 4.78 is 2.41. The largest absolute Gasteiger partial charge is 0.383 e. The van der Waals surface area contributed by atoms with Crippen molar-refractivity contribution in [3.8, 4) is 11.3 Å². The topological polar surface area (TPSA) is 88.5 Å². The Kier molecular flexibility index (Phi) is 6.18. The normalized spacial score (nSPS) is 17.8. The van der Waals surface area contributed by atoms with Gasteiger partial charge in [0.15, 0.2) is 0 Å². The predicted molar refractivity (Wildman–Crippen MR) is 131 cm³/mol. The second-order valence-electron chi connectivity index (χ2n) is 8.53. The summed E-state index contributed by atoms with van der Waals surface area (Å²) in [5.41, 5.74) is 9.21. The zero-order valence-corrected chi connectivity index (χ0v) is 19.3. The zero-order valence-electron chi connectivity index (χ0n) is 18.5. The number of thiophene rings is 1. The van der Waals surface area contributed by atoms with E-state index < -0.39 is 0 Å². The van der Waals surface area contributed by atoms with Crippen molar-refractivity contribution < 1.29 is 0 Å². The van der Waals surface area contributed by atoms with E-state index in [0.29, 0.717) is 11.7 Å². The van der Waals surface area contributed by atoms with E-state index in [0.717, 1.165) is 56.1 Å². The van der Waals surface area contributed by atoms with Crippen molar-refractivity contribution in [2.24, 2.45) is 4.99 Å². The average Bonchev–Trinajstić information content (AvgIpc) is 3.44. The van der Waals surface area contributed by atoms with E-state index in [1.165, 1.54) is 30.9 Å². The fraction of sp³-hybridized carbons (Fsp3) is 0.478. The van der Waals surface area contributed by atoms with Gasteiger partial charge in [0.05, 0.1) is 11.3 Å². The fourth-order valence-electron chi connectivity index (χ4n) is 4.59. The minimum Gasteiger partial charge on any atom is -0.383 e. The van der Waals surface area contributed by atoms with Crippen molar-refractivity contribution in [1.29, 1.82) is 0 Å². The summed E-state index contributed by atoms with van der Waals surface area (Å²) in [5, 5.41) is 4.31. The molecule has 0 spiro atoms. The molecule has 32 heavy (non-hydrogen) atoms.